The van der Waals surface area contributed by atoms with Crippen molar-refractivity contribution < 1.29 is 9.90 Å². The minimum absolute atomic E-state index is 0.0211. The van der Waals surface area contributed by atoms with Gasteiger partial charge in [0.1, 0.15) is 0 Å². The van der Waals surface area contributed by atoms with Crippen LogP contribution in [0.4, 0.5) is 0 Å². The molecule has 0 unspecified atom stereocenters. The average molecular weight is 352 g/mol. The van der Waals surface area contributed by atoms with Gasteiger partial charge in [0.15, 0.2) is 5.88 Å². The Morgan fingerprint density at radius 1 is 1.12 bits per heavy atom. The second-order valence-corrected chi connectivity index (χ2v) is 7.69. The molecule has 0 aliphatic carbocycles. The van der Waals surface area contributed by atoms with Gasteiger partial charge in [-0.1, -0.05) is 5.92 Å². The standard InChI is InChI=1S/C18H12N2O2S2/c1-3-4-10-6-8-12(24-10)16-14-13(17(21)20-16)15(19-18(14)22)11-7-5-9(2)23-11/h5-8,20-21H,1-2H3. The molecule has 3 aromatic rings. The number of hydrogen-bond acceptors (Lipinski definition) is 4. The molecule has 0 atom stereocenters. The number of H-pyrrole nitrogens is 1. The van der Waals surface area contributed by atoms with E-state index in [0.29, 0.717) is 22.5 Å². The van der Waals surface area contributed by atoms with Gasteiger partial charge in [0, 0.05) is 4.88 Å². The maximum atomic E-state index is 12.5. The average Bonchev–Trinajstić information content (AvgIpc) is 3.28. The second-order valence-electron chi connectivity index (χ2n) is 5.31. The highest BCUT2D eigenvalue weighted by molar-refractivity contribution is 7.16. The van der Waals surface area contributed by atoms with Gasteiger partial charge in [-0.25, -0.2) is 4.99 Å². The molecule has 24 heavy (non-hydrogen) atoms. The van der Waals surface area contributed by atoms with E-state index in [-0.39, 0.29) is 11.8 Å². The highest BCUT2D eigenvalue weighted by atomic mass is 32.1. The molecule has 6 heteroatoms. The number of hydrogen-bond donors (Lipinski definition) is 2. The first kappa shape index (κ1) is 14.9. The molecule has 2 N–H and O–H groups in total. The summed E-state index contributed by atoms with van der Waals surface area (Å²) in [5.74, 6) is 5.51. The molecule has 0 fully saturated rings. The molecule has 4 nitrogen and oxygen atoms in total. The van der Waals surface area contributed by atoms with Crippen LogP contribution in [0, 0.1) is 18.8 Å². The second kappa shape index (κ2) is 5.48. The van der Waals surface area contributed by atoms with Crippen LogP contribution in [-0.4, -0.2) is 21.7 Å². The summed E-state index contributed by atoms with van der Waals surface area (Å²) in [6.45, 7) is 3.78. The number of thiophene rings is 2. The first-order valence-corrected chi connectivity index (χ1v) is 8.90. The van der Waals surface area contributed by atoms with Crippen LogP contribution < -0.4 is 0 Å². The number of aromatic amines is 1. The molecule has 1 aliphatic rings. The summed E-state index contributed by atoms with van der Waals surface area (Å²) < 4.78 is 0. The first-order valence-electron chi connectivity index (χ1n) is 7.26. The number of aromatic nitrogens is 1. The van der Waals surface area contributed by atoms with Gasteiger partial charge in [-0.3, -0.25) is 4.79 Å². The summed E-state index contributed by atoms with van der Waals surface area (Å²) in [4.78, 5) is 23.4. The lowest BCUT2D eigenvalue weighted by Crippen LogP contribution is -1.96. The smallest absolute Gasteiger partial charge is 0.280 e. The summed E-state index contributed by atoms with van der Waals surface area (Å²) in [6, 6.07) is 7.71. The van der Waals surface area contributed by atoms with Crippen molar-refractivity contribution in [2.24, 2.45) is 4.99 Å². The molecule has 0 radical (unpaired) electrons. The van der Waals surface area contributed by atoms with Crippen molar-refractivity contribution >= 4 is 34.3 Å². The molecule has 3 aromatic heterocycles. The lowest BCUT2D eigenvalue weighted by atomic mass is 10.1. The van der Waals surface area contributed by atoms with Gasteiger partial charge < -0.3 is 10.1 Å². The topological polar surface area (TPSA) is 65.4 Å². The van der Waals surface area contributed by atoms with Gasteiger partial charge in [-0.2, -0.15) is 0 Å². The Hall–Kier alpha value is -2.62. The Labute approximate surface area is 146 Å². The van der Waals surface area contributed by atoms with E-state index in [0.717, 1.165) is 19.5 Å². The number of aliphatic imine (C=N–C) groups is 1. The molecule has 0 spiro atoms. The Morgan fingerprint density at radius 2 is 1.92 bits per heavy atom. The van der Waals surface area contributed by atoms with Crippen LogP contribution in [0.1, 0.15) is 37.5 Å². The predicted octanol–water partition coefficient (Wildman–Crippen LogP) is 4.18. The van der Waals surface area contributed by atoms with E-state index in [9.17, 15) is 9.90 Å². The minimum atomic E-state index is -0.325. The molecule has 0 saturated heterocycles. The van der Waals surface area contributed by atoms with Crippen LogP contribution in [0.15, 0.2) is 29.3 Å². The monoisotopic (exact) mass is 352 g/mol. The number of aryl methyl sites for hydroxylation is 1. The van der Waals surface area contributed by atoms with Gasteiger partial charge in [-0.05, 0) is 38.1 Å². The Balaban J connectivity index is 1.86. The van der Waals surface area contributed by atoms with Crippen LogP contribution >= 0.6 is 22.7 Å². The minimum Gasteiger partial charge on any atom is -0.494 e. The van der Waals surface area contributed by atoms with Crippen molar-refractivity contribution in [2.75, 3.05) is 0 Å². The van der Waals surface area contributed by atoms with Crippen LogP contribution in [0.2, 0.25) is 0 Å². The summed E-state index contributed by atoms with van der Waals surface area (Å²) in [7, 11) is 0. The van der Waals surface area contributed by atoms with Gasteiger partial charge in [0.2, 0.25) is 0 Å². The van der Waals surface area contributed by atoms with Crippen molar-refractivity contribution in [2.45, 2.75) is 13.8 Å². The number of carbonyl (C=O) groups excluding carboxylic acids is 1. The zero-order chi connectivity index (χ0) is 16.8. The molecule has 4 heterocycles. The third-order valence-electron chi connectivity index (χ3n) is 3.72. The number of fused-ring (bicyclic) bond motifs is 1. The van der Waals surface area contributed by atoms with Crippen LogP contribution in [0.3, 0.4) is 0 Å². The lowest BCUT2D eigenvalue weighted by Gasteiger charge is -1.96. The van der Waals surface area contributed by atoms with Crippen molar-refractivity contribution in [3.8, 4) is 28.3 Å². The number of carbonyl (C=O) groups is 1. The summed E-state index contributed by atoms with van der Waals surface area (Å²) >= 11 is 3.03. The van der Waals surface area contributed by atoms with E-state index in [2.05, 4.69) is 21.8 Å². The number of rotatable bonds is 2. The van der Waals surface area contributed by atoms with E-state index in [1.807, 2.05) is 31.2 Å². The number of amides is 1. The van der Waals surface area contributed by atoms with Crippen molar-refractivity contribution in [3.63, 3.8) is 0 Å². The molecule has 0 bridgehead atoms. The number of nitrogens with zero attached hydrogens (tertiary/aromatic N) is 1. The Morgan fingerprint density at radius 3 is 2.62 bits per heavy atom. The fraction of sp³-hybridized carbons (Fsp3) is 0.111. The van der Waals surface area contributed by atoms with Crippen LogP contribution in [0.25, 0.3) is 10.6 Å². The van der Waals surface area contributed by atoms with Gasteiger partial charge in [0.05, 0.1) is 37.2 Å². The summed E-state index contributed by atoms with van der Waals surface area (Å²) in [5.41, 5.74) is 2.08. The van der Waals surface area contributed by atoms with E-state index < -0.39 is 0 Å². The maximum absolute atomic E-state index is 12.5. The van der Waals surface area contributed by atoms with E-state index in [4.69, 9.17) is 0 Å². The summed E-state index contributed by atoms with van der Waals surface area (Å²) in [6.07, 6.45) is 0. The largest absolute Gasteiger partial charge is 0.494 e. The number of nitrogens with one attached hydrogen (secondary N) is 1. The highest BCUT2D eigenvalue weighted by Crippen LogP contribution is 2.40. The summed E-state index contributed by atoms with van der Waals surface area (Å²) in [5, 5.41) is 10.4. The van der Waals surface area contributed by atoms with E-state index >= 15 is 0 Å². The fourth-order valence-electron chi connectivity index (χ4n) is 2.73. The highest BCUT2D eigenvalue weighted by Gasteiger charge is 2.34. The molecule has 0 saturated carbocycles. The van der Waals surface area contributed by atoms with E-state index in [1.165, 1.54) is 11.3 Å². The van der Waals surface area contributed by atoms with Gasteiger partial charge in [0.25, 0.3) is 5.91 Å². The molecule has 4 rings (SSSR count). The molecule has 0 aromatic carbocycles. The molecular weight excluding hydrogens is 340 g/mol. The first-order chi connectivity index (χ1) is 11.6. The molecule has 118 valence electrons. The zero-order valence-electron chi connectivity index (χ0n) is 12.9. The van der Waals surface area contributed by atoms with Crippen molar-refractivity contribution in [1.82, 2.24) is 4.98 Å². The van der Waals surface area contributed by atoms with Crippen molar-refractivity contribution in [3.05, 3.63) is 50.0 Å². The van der Waals surface area contributed by atoms with Crippen LogP contribution in [-0.2, 0) is 0 Å². The normalized spacial score (nSPS) is 12.8. The predicted molar refractivity (Wildman–Crippen MR) is 97.3 cm³/mol. The number of aromatic hydroxyl groups is 1. The third-order valence-corrected chi connectivity index (χ3v) is 5.74. The molecule has 1 amide bonds. The van der Waals surface area contributed by atoms with Crippen LogP contribution in [0.5, 0.6) is 5.88 Å². The molecular formula is C18H12N2O2S2. The van der Waals surface area contributed by atoms with Crippen molar-refractivity contribution in [1.29, 1.82) is 0 Å². The Bertz CT molecular complexity index is 1070. The third kappa shape index (κ3) is 2.21. The van der Waals surface area contributed by atoms with E-state index in [1.54, 1.807) is 18.3 Å². The van der Waals surface area contributed by atoms with Gasteiger partial charge >= 0.3 is 0 Å². The SMILES string of the molecule is CC#Cc1ccc(-c2[nH]c(O)c3c2C(=O)N=C3c2ccc(C)s2)s1. The molecule has 1 aliphatic heterocycles. The van der Waals surface area contributed by atoms with Gasteiger partial charge in [-0.15, -0.1) is 28.6 Å². The Kier molecular flexibility index (Phi) is 3.41. The maximum Gasteiger partial charge on any atom is 0.280 e. The fourth-order valence-corrected chi connectivity index (χ4v) is 4.51. The zero-order valence-corrected chi connectivity index (χ0v) is 14.6. The lowest BCUT2D eigenvalue weighted by molar-refractivity contribution is 0.101. The quantitative estimate of drug-likeness (QED) is 0.680.